The number of aryl methyl sites for hydroxylation is 1. The third kappa shape index (κ3) is 1.99. The molecular formula is C12H8F2N4O. The van der Waals surface area contributed by atoms with Crippen LogP contribution in [0.5, 0.6) is 0 Å². The number of fused-ring (bicyclic) bond motifs is 1. The van der Waals surface area contributed by atoms with Gasteiger partial charge in [0.25, 0.3) is 5.71 Å². The summed E-state index contributed by atoms with van der Waals surface area (Å²) in [5.74, 6) is -0.993. The number of benzene rings is 1. The summed E-state index contributed by atoms with van der Waals surface area (Å²) in [6.45, 7) is 1.72. The average molecular weight is 262 g/mol. The summed E-state index contributed by atoms with van der Waals surface area (Å²) in [5, 5.41) is 7.10. The number of hydrogen-bond donors (Lipinski definition) is 1. The molecular weight excluding hydrogens is 254 g/mol. The van der Waals surface area contributed by atoms with Crippen LogP contribution in [0.25, 0.3) is 11.1 Å². The average Bonchev–Trinajstić information content (AvgIpc) is 2.76. The summed E-state index contributed by atoms with van der Waals surface area (Å²) in [5.41, 5.74) is 1.00. The molecule has 7 heteroatoms. The van der Waals surface area contributed by atoms with E-state index >= 15 is 0 Å². The molecule has 3 rings (SSSR count). The molecule has 0 aliphatic carbocycles. The fourth-order valence-electron chi connectivity index (χ4n) is 1.74. The molecule has 1 aromatic carbocycles. The van der Waals surface area contributed by atoms with Crippen molar-refractivity contribution in [2.45, 2.75) is 6.92 Å². The first-order valence-electron chi connectivity index (χ1n) is 5.44. The number of anilines is 2. The van der Waals surface area contributed by atoms with E-state index in [1.165, 1.54) is 12.4 Å². The highest BCUT2D eigenvalue weighted by molar-refractivity contribution is 5.89. The molecule has 0 spiro atoms. The molecule has 0 fully saturated rings. The van der Waals surface area contributed by atoms with Gasteiger partial charge >= 0.3 is 0 Å². The van der Waals surface area contributed by atoms with E-state index in [-0.39, 0.29) is 5.69 Å². The number of hydrogen-bond acceptors (Lipinski definition) is 5. The van der Waals surface area contributed by atoms with Gasteiger partial charge in [0.1, 0.15) is 29.2 Å². The summed E-state index contributed by atoms with van der Waals surface area (Å²) in [7, 11) is 0. The smallest absolute Gasteiger partial charge is 0.263 e. The van der Waals surface area contributed by atoms with E-state index in [4.69, 9.17) is 4.52 Å². The minimum Gasteiger partial charge on any atom is -0.337 e. The Morgan fingerprint density at radius 3 is 2.84 bits per heavy atom. The van der Waals surface area contributed by atoms with Crippen molar-refractivity contribution >= 4 is 22.6 Å². The van der Waals surface area contributed by atoms with Crippen LogP contribution in [0.3, 0.4) is 0 Å². The van der Waals surface area contributed by atoms with Gasteiger partial charge in [0.15, 0.2) is 0 Å². The number of halogens is 2. The van der Waals surface area contributed by atoms with Crippen molar-refractivity contribution < 1.29 is 13.3 Å². The monoisotopic (exact) mass is 262 g/mol. The molecule has 1 N–H and O–H groups in total. The lowest BCUT2D eigenvalue weighted by Gasteiger charge is -2.07. The summed E-state index contributed by atoms with van der Waals surface area (Å²) in [6, 6.07) is 3.24. The molecule has 2 aromatic heterocycles. The van der Waals surface area contributed by atoms with Gasteiger partial charge in [0.05, 0.1) is 11.4 Å². The molecule has 0 bridgehead atoms. The van der Waals surface area contributed by atoms with Crippen molar-refractivity contribution in [1.29, 1.82) is 0 Å². The van der Waals surface area contributed by atoms with Crippen molar-refractivity contribution in [3.8, 4) is 0 Å². The van der Waals surface area contributed by atoms with Crippen LogP contribution in [0.15, 0.2) is 29.0 Å². The van der Waals surface area contributed by atoms with Gasteiger partial charge in [-0.25, -0.2) is 13.8 Å². The van der Waals surface area contributed by atoms with Gasteiger partial charge in [0.2, 0.25) is 0 Å². The summed E-state index contributed by atoms with van der Waals surface area (Å²) < 4.78 is 31.4. The number of rotatable bonds is 2. The Balaban J connectivity index is 2.08. The number of aromatic nitrogens is 3. The minimum absolute atomic E-state index is 0.113. The highest BCUT2D eigenvalue weighted by Gasteiger charge is 2.13. The Kier molecular flexibility index (Phi) is 2.59. The number of nitrogens with one attached hydrogen (secondary N) is 1. The lowest BCUT2D eigenvalue weighted by molar-refractivity contribution is 0.442. The third-order valence-corrected chi connectivity index (χ3v) is 2.63. The molecule has 0 aliphatic heterocycles. The predicted molar refractivity (Wildman–Crippen MR) is 64.0 cm³/mol. The number of nitrogens with zero attached hydrogens (tertiary/aromatic N) is 3. The predicted octanol–water partition coefficient (Wildman–Crippen LogP) is 2.95. The zero-order valence-corrected chi connectivity index (χ0v) is 9.82. The van der Waals surface area contributed by atoms with E-state index in [0.29, 0.717) is 22.6 Å². The van der Waals surface area contributed by atoms with E-state index in [2.05, 4.69) is 20.4 Å². The molecule has 5 nitrogen and oxygen atoms in total. The zero-order chi connectivity index (χ0) is 13.4. The molecule has 96 valence electrons. The van der Waals surface area contributed by atoms with Crippen molar-refractivity contribution in [2.24, 2.45) is 0 Å². The van der Waals surface area contributed by atoms with Crippen molar-refractivity contribution in [2.75, 3.05) is 5.32 Å². The molecule has 0 radical (unpaired) electrons. The van der Waals surface area contributed by atoms with Gasteiger partial charge in [-0.15, -0.1) is 0 Å². The van der Waals surface area contributed by atoms with E-state index in [1.807, 2.05) is 0 Å². The fourth-order valence-corrected chi connectivity index (χ4v) is 1.74. The Bertz CT molecular complexity index is 757. The van der Waals surface area contributed by atoms with Crippen LogP contribution in [0.2, 0.25) is 0 Å². The standard InChI is InChI=1S/C12H8F2N4O/c1-6-10-11(15-5-16-12(10)19-18-6)17-9-3-2-7(13)4-8(9)14/h2-5H,1H3,(H,15,16,17). The Labute approximate surface area is 106 Å². The van der Waals surface area contributed by atoms with Crippen LogP contribution in [-0.2, 0) is 0 Å². The largest absolute Gasteiger partial charge is 0.337 e. The van der Waals surface area contributed by atoms with Gasteiger partial charge in [0, 0.05) is 6.07 Å². The lowest BCUT2D eigenvalue weighted by atomic mass is 10.2. The second-order valence-corrected chi connectivity index (χ2v) is 3.92. The molecule has 0 aliphatic rings. The SMILES string of the molecule is Cc1noc2ncnc(Nc3ccc(F)cc3F)c12. The van der Waals surface area contributed by atoms with Crippen LogP contribution >= 0.6 is 0 Å². The molecule has 2 heterocycles. The third-order valence-electron chi connectivity index (χ3n) is 2.63. The van der Waals surface area contributed by atoms with Crippen LogP contribution < -0.4 is 5.32 Å². The fraction of sp³-hybridized carbons (Fsp3) is 0.0833. The van der Waals surface area contributed by atoms with Gasteiger partial charge in [-0.05, 0) is 19.1 Å². The van der Waals surface area contributed by atoms with E-state index in [9.17, 15) is 8.78 Å². The first-order valence-corrected chi connectivity index (χ1v) is 5.44. The van der Waals surface area contributed by atoms with E-state index in [1.54, 1.807) is 6.92 Å². The van der Waals surface area contributed by atoms with Crippen LogP contribution in [0, 0.1) is 18.6 Å². The second-order valence-electron chi connectivity index (χ2n) is 3.92. The van der Waals surface area contributed by atoms with Crippen molar-refractivity contribution in [3.63, 3.8) is 0 Å². The van der Waals surface area contributed by atoms with E-state index in [0.717, 1.165) is 12.1 Å². The molecule has 0 atom stereocenters. The van der Waals surface area contributed by atoms with Crippen molar-refractivity contribution in [3.05, 3.63) is 41.9 Å². The Morgan fingerprint density at radius 1 is 1.21 bits per heavy atom. The maximum atomic E-state index is 13.6. The zero-order valence-electron chi connectivity index (χ0n) is 9.82. The minimum atomic E-state index is -0.708. The second kappa shape index (κ2) is 4.27. The molecule has 0 saturated heterocycles. The lowest BCUT2D eigenvalue weighted by Crippen LogP contribution is -1.98. The normalized spacial score (nSPS) is 10.9. The maximum absolute atomic E-state index is 13.6. The highest BCUT2D eigenvalue weighted by Crippen LogP contribution is 2.26. The van der Waals surface area contributed by atoms with Gasteiger partial charge < -0.3 is 9.84 Å². The molecule has 3 aromatic rings. The van der Waals surface area contributed by atoms with Gasteiger partial charge in [-0.2, -0.15) is 4.98 Å². The first-order chi connectivity index (χ1) is 9.15. The quantitative estimate of drug-likeness (QED) is 0.769. The van der Waals surface area contributed by atoms with Gasteiger partial charge in [-0.3, -0.25) is 0 Å². The maximum Gasteiger partial charge on any atom is 0.263 e. The van der Waals surface area contributed by atoms with Crippen LogP contribution in [0.1, 0.15) is 5.69 Å². The Morgan fingerprint density at radius 2 is 2.05 bits per heavy atom. The topological polar surface area (TPSA) is 63.8 Å². The van der Waals surface area contributed by atoms with Crippen molar-refractivity contribution in [1.82, 2.24) is 15.1 Å². The molecule has 19 heavy (non-hydrogen) atoms. The molecule has 0 saturated carbocycles. The summed E-state index contributed by atoms with van der Waals surface area (Å²) in [6.07, 6.45) is 1.27. The summed E-state index contributed by atoms with van der Waals surface area (Å²) in [4.78, 5) is 7.92. The van der Waals surface area contributed by atoms with Gasteiger partial charge in [-0.1, -0.05) is 5.16 Å². The molecule has 0 amide bonds. The van der Waals surface area contributed by atoms with Crippen LogP contribution in [-0.4, -0.2) is 15.1 Å². The summed E-state index contributed by atoms with van der Waals surface area (Å²) >= 11 is 0. The van der Waals surface area contributed by atoms with E-state index < -0.39 is 11.6 Å². The first kappa shape index (κ1) is 11.5. The Hall–Kier alpha value is -2.57. The van der Waals surface area contributed by atoms with Crippen LogP contribution in [0.4, 0.5) is 20.3 Å². The highest BCUT2D eigenvalue weighted by atomic mass is 19.1. The molecule has 0 unspecified atom stereocenters.